The molecule has 0 aromatic rings. The molecule has 1 aliphatic rings. The van der Waals surface area contributed by atoms with Crippen LogP contribution >= 0.6 is 0 Å². The largest absolute Gasteiger partial charge is 0.395 e. The van der Waals surface area contributed by atoms with E-state index < -0.39 is 8.24 Å². The summed E-state index contributed by atoms with van der Waals surface area (Å²) in [7, 11) is -1.41. The average molecular weight is 243 g/mol. The van der Waals surface area contributed by atoms with Gasteiger partial charge >= 0.3 is 0 Å². The van der Waals surface area contributed by atoms with Gasteiger partial charge in [0.1, 0.15) is 8.24 Å². The summed E-state index contributed by atoms with van der Waals surface area (Å²) in [4.78, 5) is 3.64. The van der Waals surface area contributed by atoms with Gasteiger partial charge < -0.3 is 10.1 Å². The molecular formula is C13H29NOSi. The Bertz CT molecular complexity index is 218. The summed E-state index contributed by atoms with van der Waals surface area (Å²) >= 11 is 0. The van der Waals surface area contributed by atoms with Gasteiger partial charge in [-0.3, -0.25) is 0 Å². The Balaban J connectivity index is 2.78. The zero-order chi connectivity index (χ0) is 12.5. The van der Waals surface area contributed by atoms with Crippen molar-refractivity contribution in [2.45, 2.75) is 46.3 Å². The fraction of sp³-hybridized carbons (Fsp3) is 1.00. The second-order valence-corrected chi connectivity index (χ2v) is 10.8. The number of rotatable bonds is 4. The molecule has 0 heterocycles. The molecule has 1 rings (SSSR count). The van der Waals surface area contributed by atoms with Gasteiger partial charge in [-0.2, -0.15) is 0 Å². The third-order valence-corrected chi connectivity index (χ3v) is 9.03. The lowest BCUT2D eigenvalue weighted by atomic mass is 9.92. The Morgan fingerprint density at radius 1 is 0.938 bits per heavy atom. The molecule has 16 heavy (non-hydrogen) atoms. The first kappa shape index (κ1) is 14.2. The third-order valence-electron chi connectivity index (χ3n) is 5.15. The van der Waals surface area contributed by atoms with Crippen LogP contribution < -0.4 is 4.98 Å². The van der Waals surface area contributed by atoms with Gasteiger partial charge in [-0.1, -0.05) is 40.8 Å². The second kappa shape index (κ2) is 5.19. The minimum Gasteiger partial charge on any atom is -0.395 e. The normalized spacial score (nSPS) is 40.3. The Kier molecular flexibility index (Phi) is 4.61. The lowest BCUT2D eigenvalue weighted by Crippen LogP contribution is -2.52. The van der Waals surface area contributed by atoms with E-state index in [-0.39, 0.29) is 6.61 Å². The van der Waals surface area contributed by atoms with Gasteiger partial charge in [-0.15, -0.1) is 0 Å². The van der Waals surface area contributed by atoms with Crippen LogP contribution in [-0.4, -0.2) is 26.5 Å². The van der Waals surface area contributed by atoms with Gasteiger partial charge in [0, 0.05) is 6.54 Å². The van der Waals surface area contributed by atoms with Crippen LogP contribution in [0.15, 0.2) is 0 Å². The molecule has 96 valence electrons. The maximum atomic E-state index is 8.97. The van der Waals surface area contributed by atoms with Crippen LogP contribution in [0.1, 0.15) is 27.7 Å². The summed E-state index contributed by atoms with van der Waals surface area (Å²) in [6.45, 7) is 15.5. The molecule has 0 aromatic heterocycles. The van der Waals surface area contributed by atoms with Gasteiger partial charge in [0.2, 0.25) is 0 Å². The third kappa shape index (κ3) is 2.52. The summed E-state index contributed by atoms with van der Waals surface area (Å²) in [5.41, 5.74) is 0.837. The molecule has 0 saturated heterocycles. The molecular weight excluding hydrogens is 214 g/mol. The lowest BCUT2D eigenvalue weighted by molar-refractivity contribution is 0.299. The number of hydrogen-bond donors (Lipinski definition) is 2. The first-order valence-electron chi connectivity index (χ1n) is 6.68. The Morgan fingerprint density at radius 2 is 1.38 bits per heavy atom. The standard InChI is InChI=1S/C13H29NOSi/c1-9-10(2)12(4)13(11(9)3)16(5,6)14-7-8-15/h9-15H,7-8H2,1-6H3. The van der Waals surface area contributed by atoms with Crippen LogP contribution in [0.3, 0.4) is 0 Å². The molecule has 0 amide bonds. The van der Waals surface area contributed by atoms with E-state index in [1.165, 1.54) is 0 Å². The smallest absolute Gasteiger partial charge is 0.123 e. The number of aliphatic hydroxyl groups is 1. The highest BCUT2D eigenvalue weighted by Gasteiger charge is 2.49. The van der Waals surface area contributed by atoms with Crippen LogP contribution in [0, 0.1) is 23.7 Å². The Morgan fingerprint density at radius 3 is 1.75 bits per heavy atom. The molecule has 0 aromatic carbocycles. The second-order valence-electron chi connectivity index (χ2n) is 6.33. The fourth-order valence-corrected chi connectivity index (χ4v) is 8.13. The van der Waals surface area contributed by atoms with Gasteiger partial charge in [0.05, 0.1) is 6.61 Å². The summed E-state index contributed by atoms with van der Waals surface area (Å²) in [5.74, 6) is 3.31. The zero-order valence-electron chi connectivity index (χ0n) is 11.7. The van der Waals surface area contributed by atoms with Crippen LogP contribution in [0.4, 0.5) is 0 Å². The fourth-order valence-electron chi connectivity index (χ4n) is 3.90. The molecule has 2 N–H and O–H groups in total. The number of aliphatic hydroxyl groups excluding tert-OH is 1. The molecule has 0 aliphatic heterocycles. The summed E-state index contributed by atoms with van der Waals surface area (Å²) < 4.78 is 0. The molecule has 1 aliphatic carbocycles. The van der Waals surface area contributed by atoms with Crippen molar-refractivity contribution < 1.29 is 5.11 Å². The van der Waals surface area contributed by atoms with Gasteiger partial charge in [-0.25, -0.2) is 0 Å². The quantitative estimate of drug-likeness (QED) is 0.744. The summed E-state index contributed by atoms with van der Waals surface area (Å²) in [6.07, 6.45) is 0. The van der Waals surface area contributed by atoms with E-state index in [4.69, 9.17) is 5.11 Å². The van der Waals surface area contributed by atoms with Crippen LogP contribution in [0.25, 0.3) is 0 Å². The lowest BCUT2D eigenvalue weighted by Gasteiger charge is -2.37. The van der Waals surface area contributed by atoms with Crippen LogP contribution in [0.2, 0.25) is 18.6 Å². The van der Waals surface area contributed by atoms with E-state index in [0.717, 1.165) is 35.8 Å². The van der Waals surface area contributed by atoms with Crippen molar-refractivity contribution in [1.29, 1.82) is 0 Å². The van der Waals surface area contributed by atoms with Crippen LogP contribution in [0.5, 0.6) is 0 Å². The number of hydrogen-bond acceptors (Lipinski definition) is 2. The van der Waals surface area contributed by atoms with E-state index in [1.54, 1.807) is 0 Å². The predicted molar refractivity (Wildman–Crippen MR) is 73.0 cm³/mol. The summed E-state index contributed by atoms with van der Waals surface area (Å²) in [5, 5.41) is 8.97. The van der Waals surface area contributed by atoms with Crippen molar-refractivity contribution >= 4 is 8.24 Å². The monoisotopic (exact) mass is 243 g/mol. The summed E-state index contributed by atoms with van der Waals surface area (Å²) in [6, 6.07) is 0. The SMILES string of the molecule is CC1C(C)C(C)C([Si](C)(C)NCCO)C1C. The zero-order valence-corrected chi connectivity index (χ0v) is 12.7. The Labute approximate surface area is 102 Å². The van der Waals surface area contributed by atoms with Crippen molar-refractivity contribution in [3.63, 3.8) is 0 Å². The maximum absolute atomic E-state index is 8.97. The van der Waals surface area contributed by atoms with Crippen molar-refractivity contribution in [3.05, 3.63) is 0 Å². The van der Waals surface area contributed by atoms with Crippen molar-refractivity contribution in [2.24, 2.45) is 23.7 Å². The highest BCUT2D eigenvalue weighted by molar-refractivity contribution is 6.76. The van der Waals surface area contributed by atoms with Crippen LogP contribution in [-0.2, 0) is 0 Å². The van der Waals surface area contributed by atoms with E-state index in [2.05, 4.69) is 45.8 Å². The van der Waals surface area contributed by atoms with Crippen molar-refractivity contribution in [2.75, 3.05) is 13.2 Å². The molecule has 2 nitrogen and oxygen atoms in total. The van der Waals surface area contributed by atoms with E-state index in [1.807, 2.05) is 0 Å². The maximum Gasteiger partial charge on any atom is 0.123 e. The molecule has 3 heteroatoms. The van der Waals surface area contributed by atoms with E-state index in [9.17, 15) is 0 Å². The minimum atomic E-state index is -1.41. The van der Waals surface area contributed by atoms with E-state index >= 15 is 0 Å². The van der Waals surface area contributed by atoms with E-state index in [0.29, 0.717) is 0 Å². The predicted octanol–water partition coefficient (Wildman–Crippen LogP) is 2.70. The molecule has 0 bridgehead atoms. The molecule has 1 saturated carbocycles. The first-order chi connectivity index (χ1) is 7.33. The highest BCUT2D eigenvalue weighted by atomic mass is 28.3. The number of nitrogens with one attached hydrogen (secondary N) is 1. The molecule has 4 unspecified atom stereocenters. The molecule has 1 fully saturated rings. The topological polar surface area (TPSA) is 32.3 Å². The molecule has 4 atom stereocenters. The first-order valence-corrected chi connectivity index (χ1v) is 9.76. The minimum absolute atomic E-state index is 0.261. The van der Waals surface area contributed by atoms with Gasteiger partial charge in [0.25, 0.3) is 0 Å². The van der Waals surface area contributed by atoms with Gasteiger partial charge in [-0.05, 0) is 29.2 Å². The average Bonchev–Trinajstić information content (AvgIpc) is 2.41. The molecule has 0 spiro atoms. The van der Waals surface area contributed by atoms with Crippen molar-refractivity contribution in [1.82, 2.24) is 4.98 Å². The Hall–Kier alpha value is 0.137. The molecule has 0 radical (unpaired) electrons. The van der Waals surface area contributed by atoms with Gasteiger partial charge in [0.15, 0.2) is 0 Å². The van der Waals surface area contributed by atoms with Crippen molar-refractivity contribution in [3.8, 4) is 0 Å². The highest BCUT2D eigenvalue weighted by Crippen LogP contribution is 2.52.